The summed E-state index contributed by atoms with van der Waals surface area (Å²) in [5, 5.41) is 0. The number of alkyl halides is 2. The molecule has 0 unspecified atom stereocenters. The van der Waals surface area contributed by atoms with Crippen molar-refractivity contribution in [2.75, 3.05) is 26.7 Å². The molecule has 2 amide bonds. The number of amides is 2. The Kier molecular flexibility index (Phi) is 4.56. The number of hydrogen-bond donors (Lipinski definition) is 0. The highest BCUT2D eigenvalue weighted by atomic mass is 19.3. The third-order valence-electron chi connectivity index (χ3n) is 5.46. The fourth-order valence-electron chi connectivity index (χ4n) is 4.08. The first-order valence-corrected chi connectivity index (χ1v) is 8.68. The molecule has 3 rings (SSSR count). The molecule has 4 nitrogen and oxygen atoms in total. The van der Waals surface area contributed by atoms with Gasteiger partial charge in [0, 0.05) is 33.0 Å². The molecule has 2 saturated heterocycles. The Morgan fingerprint density at radius 2 is 1.96 bits per heavy atom. The molecule has 0 saturated carbocycles. The predicted molar refractivity (Wildman–Crippen MR) is 90.3 cm³/mol. The van der Waals surface area contributed by atoms with Crippen molar-refractivity contribution >= 4 is 11.8 Å². The molecular weight excluding hydrogens is 326 g/mol. The Morgan fingerprint density at radius 1 is 1.24 bits per heavy atom. The van der Waals surface area contributed by atoms with Gasteiger partial charge in [0.2, 0.25) is 11.8 Å². The summed E-state index contributed by atoms with van der Waals surface area (Å²) in [4.78, 5) is 27.7. The van der Waals surface area contributed by atoms with Gasteiger partial charge in [-0.25, -0.2) is 8.78 Å². The zero-order valence-corrected chi connectivity index (χ0v) is 14.7. The zero-order chi connectivity index (χ0) is 18.2. The lowest BCUT2D eigenvalue weighted by molar-refractivity contribution is -0.162. The zero-order valence-electron chi connectivity index (χ0n) is 14.7. The standard InChI is InChI=1S/C19H24F2N2O2/c1-14-5-3-4-6-15(14)7-8-16(24)23-12-18(11-19(20,21)13-23)9-10-22(2)17(18)25/h3-6H,7-13H2,1-2H3/t18-/m1/s1. The third kappa shape index (κ3) is 3.53. The van der Waals surface area contributed by atoms with E-state index in [2.05, 4.69) is 0 Å². The monoisotopic (exact) mass is 350 g/mol. The maximum atomic E-state index is 14.3. The predicted octanol–water partition coefficient (Wildman–Crippen LogP) is 2.64. The van der Waals surface area contributed by atoms with Crippen LogP contribution in [0.4, 0.5) is 8.78 Å². The smallest absolute Gasteiger partial charge is 0.266 e. The molecule has 2 fully saturated rings. The summed E-state index contributed by atoms with van der Waals surface area (Å²) in [6, 6.07) is 7.75. The first-order chi connectivity index (χ1) is 11.7. The van der Waals surface area contributed by atoms with Crippen molar-refractivity contribution in [2.45, 2.75) is 38.5 Å². The van der Waals surface area contributed by atoms with Gasteiger partial charge in [-0.3, -0.25) is 9.59 Å². The van der Waals surface area contributed by atoms with Gasteiger partial charge in [0.15, 0.2) is 0 Å². The number of piperidine rings is 1. The molecule has 6 heteroatoms. The van der Waals surface area contributed by atoms with Crippen molar-refractivity contribution in [3.05, 3.63) is 35.4 Å². The average molecular weight is 350 g/mol. The molecule has 1 spiro atoms. The minimum Gasteiger partial charge on any atom is -0.345 e. The number of carbonyl (C=O) groups is 2. The van der Waals surface area contributed by atoms with E-state index in [1.807, 2.05) is 31.2 Å². The highest BCUT2D eigenvalue weighted by molar-refractivity contribution is 5.86. The Balaban J connectivity index is 1.71. The Morgan fingerprint density at radius 3 is 2.60 bits per heavy atom. The number of rotatable bonds is 3. The van der Waals surface area contributed by atoms with E-state index >= 15 is 0 Å². The molecule has 1 atom stereocenters. The van der Waals surface area contributed by atoms with E-state index in [0.717, 1.165) is 11.1 Å². The van der Waals surface area contributed by atoms with Crippen LogP contribution in [0.5, 0.6) is 0 Å². The number of benzene rings is 1. The van der Waals surface area contributed by atoms with Crippen LogP contribution in [0.15, 0.2) is 24.3 Å². The summed E-state index contributed by atoms with van der Waals surface area (Å²) in [6.07, 6.45) is 0.639. The number of likely N-dealkylation sites (tertiary alicyclic amines) is 2. The van der Waals surface area contributed by atoms with Crippen molar-refractivity contribution in [3.63, 3.8) is 0 Å². The van der Waals surface area contributed by atoms with E-state index < -0.39 is 24.3 Å². The molecule has 0 N–H and O–H groups in total. The van der Waals surface area contributed by atoms with Crippen molar-refractivity contribution in [1.29, 1.82) is 0 Å². The maximum Gasteiger partial charge on any atom is 0.266 e. The second-order valence-electron chi connectivity index (χ2n) is 7.47. The van der Waals surface area contributed by atoms with Crippen molar-refractivity contribution in [1.82, 2.24) is 9.80 Å². The highest BCUT2D eigenvalue weighted by Crippen LogP contribution is 2.45. The normalized spacial score (nSPS) is 25.7. The third-order valence-corrected chi connectivity index (χ3v) is 5.46. The quantitative estimate of drug-likeness (QED) is 0.841. The molecule has 1 aromatic carbocycles. The first-order valence-electron chi connectivity index (χ1n) is 8.68. The lowest BCUT2D eigenvalue weighted by atomic mass is 9.77. The molecule has 2 heterocycles. The summed E-state index contributed by atoms with van der Waals surface area (Å²) in [6.45, 7) is 1.97. The van der Waals surface area contributed by atoms with E-state index in [4.69, 9.17) is 0 Å². The molecule has 25 heavy (non-hydrogen) atoms. The summed E-state index contributed by atoms with van der Waals surface area (Å²) < 4.78 is 28.5. The highest BCUT2D eigenvalue weighted by Gasteiger charge is 2.56. The van der Waals surface area contributed by atoms with Crippen LogP contribution < -0.4 is 0 Å². The lowest BCUT2D eigenvalue weighted by Crippen LogP contribution is -2.57. The molecule has 2 aliphatic heterocycles. The number of nitrogens with zero attached hydrogens (tertiary/aromatic N) is 2. The maximum absolute atomic E-state index is 14.3. The molecule has 136 valence electrons. The Hall–Kier alpha value is -1.98. The van der Waals surface area contributed by atoms with Crippen LogP contribution in [0.2, 0.25) is 0 Å². The fraction of sp³-hybridized carbons (Fsp3) is 0.579. The van der Waals surface area contributed by atoms with Gasteiger partial charge in [0.1, 0.15) is 0 Å². The molecule has 1 aromatic rings. The van der Waals surface area contributed by atoms with Crippen LogP contribution in [-0.4, -0.2) is 54.2 Å². The fourth-order valence-corrected chi connectivity index (χ4v) is 4.08. The molecule has 0 aliphatic carbocycles. The molecule has 0 aromatic heterocycles. The van der Waals surface area contributed by atoms with E-state index in [1.54, 1.807) is 7.05 Å². The van der Waals surface area contributed by atoms with Gasteiger partial charge in [-0.2, -0.15) is 0 Å². The Labute approximate surface area is 146 Å². The van der Waals surface area contributed by atoms with Gasteiger partial charge in [-0.1, -0.05) is 24.3 Å². The lowest BCUT2D eigenvalue weighted by Gasteiger charge is -2.42. The summed E-state index contributed by atoms with van der Waals surface area (Å²) in [5.74, 6) is -3.58. The summed E-state index contributed by atoms with van der Waals surface area (Å²) in [7, 11) is 1.63. The van der Waals surface area contributed by atoms with Gasteiger partial charge in [-0.15, -0.1) is 0 Å². The number of halogens is 2. The first kappa shape index (κ1) is 17.8. The van der Waals surface area contributed by atoms with Gasteiger partial charge >= 0.3 is 0 Å². The summed E-state index contributed by atoms with van der Waals surface area (Å²) >= 11 is 0. The Bertz CT molecular complexity index is 692. The molecule has 0 bridgehead atoms. The second kappa shape index (κ2) is 6.39. The second-order valence-corrected chi connectivity index (χ2v) is 7.47. The van der Waals surface area contributed by atoms with Crippen molar-refractivity contribution in [2.24, 2.45) is 5.41 Å². The number of carbonyl (C=O) groups excluding carboxylic acids is 2. The number of hydrogen-bond acceptors (Lipinski definition) is 2. The van der Waals surface area contributed by atoms with E-state index in [1.165, 1.54) is 9.80 Å². The number of aryl methyl sites for hydroxylation is 2. The topological polar surface area (TPSA) is 40.6 Å². The van der Waals surface area contributed by atoms with Crippen LogP contribution >= 0.6 is 0 Å². The van der Waals surface area contributed by atoms with Crippen molar-refractivity contribution < 1.29 is 18.4 Å². The SMILES string of the molecule is Cc1ccccc1CCC(=O)N1CC(F)(F)C[C@]2(CCN(C)C2=O)C1. The van der Waals surface area contributed by atoms with Crippen LogP contribution in [0.1, 0.15) is 30.4 Å². The average Bonchev–Trinajstić information content (AvgIpc) is 2.80. The van der Waals surface area contributed by atoms with E-state index in [-0.39, 0.29) is 24.8 Å². The van der Waals surface area contributed by atoms with Crippen LogP contribution in [0.3, 0.4) is 0 Å². The van der Waals surface area contributed by atoms with Gasteiger partial charge < -0.3 is 9.80 Å². The van der Waals surface area contributed by atoms with Gasteiger partial charge in [-0.05, 0) is 30.9 Å². The van der Waals surface area contributed by atoms with Crippen LogP contribution in [0, 0.1) is 12.3 Å². The summed E-state index contributed by atoms with van der Waals surface area (Å²) in [5.41, 5.74) is 1.02. The minimum atomic E-state index is -3.02. The van der Waals surface area contributed by atoms with Crippen LogP contribution in [0.25, 0.3) is 0 Å². The van der Waals surface area contributed by atoms with Gasteiger partial charge in [0.25, 0.3) is 5.92 Å². The molecule has 2 aliphatic rings. The van der Waals surface area contributed by atoms with Crippen molar-refractivity contribution in [3.8, 4) is 0 Å². The van der Waals surface area contributed by atoms with Crippen LogP contribution in [-0.2, 0) is 16.0 Å². The molecule has 0 radical (unpaired) electrons. The largest absolute Gasteiger partial charge is 0.345 e. The molecular formula is C19H24F2N2O2. The van der Waals surface area contributed by atoms with Gasteiger partial charge in [0.05, 0.1) is 12.0 Å². The minimum absolute atomic E-state index is 0.109. The van der Waals surface area contributed by atoms with E-state index in [9.17, 15) is 18.4 Å². The van der Waals surface area contributed by atoms with E-state index in [0.29, 0.717) is 19.4 Å².